The maximum Gasteiger partial charge on any atom is 0.248 e. The fourth-order valence-corrected chi connectivity index (χ4v) is 1.95. The number of hydrogen-bond acceptors (Lipinski definition) is 5. The summed E-state index contributed by atoms with van der Waals surface area (Å²) in [6, 6.07) is 13.1. The molecular weight excluding hydrogens is 252 g/mol. The van der Waals surface area contributed by atoms with E-state index in [-0.39, 0.29) is 0 Å². The Morgan fingerprint density at radius 1 is 1.10 bits per heavy atom. The minimum absolute atomic E-state index is 0.397. The van der Waals surface area contributed by atoms with Crippen LogP contribution in [-0.4, -0.2) is 15.1 Å². The molecule has 0 radical (unpaired) electrons. The summed E-state index contributed by atoms with van der Waals surface area (Å²) in [6.07, 6.45) is 4.10. The van der Waals surface area contributed by atoms with Crippen molar-refractivity contribution in [3.05, 3.63) is 77.7 Å². The smallest absolute Gasteiger partial charge is 0.248 e. The molecule has 0 aliphatic carbocycles. The Labute approximate surface area is 116 Å². The van der Waals surface area contributed by atoms with Crippen molar-refractivity contribution >= 4 is 0 Å². The Hall–Kier alpha value is -2.53. The van der Waals surface area contributed by atoms with Gasteiger partial charge in [-0.15, -0.1) is 0 Å². The van der Waals surface area contributed by atoms with Gasteiger partial charge in [-0.1, -0.05) is 41.6 Å². The second-order valence-electron chi connectivity index (χ2n) is 4.48. The summed E-state index contributed by atoms with van der Waals surface area (Å²) in [6.45, 7) is 0. The molecule has 5 nitrogen and oxygen atoms in total. The van der Waals surface area contributed by atoms with E-state index < -0.39 is 6.04 Å². The number of aromatic nitrogens is 3. The normalized spacial score (nSPS) is 12.2. The molecule has 3 rings (SSSR count). The lowest BCUT2D eigenvalue weighted by Crippen LogP contribution is -2.12. The fraction of sp³-hybridized carbons (Fsp3) is 0.133. The van der Waals surface area contributed by atoms with E-state index in [1.54, 1.807) is 12.4 Å². The third-order valence-corrected chi connectivity index (χ3v) is 2.99. The van der Waals surface area contributed by atoms with Gasteiger partial charge in [-0.3, -0.25) is 4.98 Å². The van der Waals surface area contributed by atoms with Crippen LogP contribution in [0.2, 0.25) is 0 Å². The lowest BCUT2D eigenvalue weighted by atomic mass is 10.1. The summed E-state index contributed by atoms with van der Waals surface area (Å²) in [5, 5.41) is 3.96. The molecule has 3 aromatic rings. The van der Waals surface area contributed by atoms with Crippen LogP contribution in [0.15, 0.2) is 59.4 Å². The molecule has 0 saturated carbocycles. The monoisotopic (exact) mass is 266 g/mol. The van der Waals surface area contributed by atoms with Gasteiger partial charge in [0.2, 0.25) is 5.89 Å². The van der Waals surface area contributed by atoms with E-state index in [9.17, 15) is 0 Å². The maximum atomic E-state index is 6.11. The Bertz CT molecular complexity index is 667. The molecule has 2 aromatic heterocycles. The Kier molecular flexibility index (Phi) is 3.52. The predicted octanol–water partition coefficient (Wildman–Crippen LogP) is 2.10. The number of rotatable bonds is 4. The van der Waals surface area contributed by atoms with Crippen LogP contribution in [0.1, 0.15) is 28.9 Å². The molecule has 0 spiro atoms. The fourth-order valence-electron chi connectivity index (χ4n) is 1.95. The highest BCUT2D eigenvalue weighted by molar-refractivity contribution is 5.23. The summed E-state index contributed by atoms with van der Waals surface area (Å²) < 4.78 is 5.25. The van der Waals surface area contributed by atoms with Crippen molar-refractivity contribution < 1.29 is 4.52 Å². The van der Waals surface area contributed by atoms with E-state index in [1.807, 2.05) is 42.5 Å². The standard InChI is InChI=1S/C15H14N4O/c16-14(12-6-2-1-3-7-12)15-18-13(19-20-15)9-11-5-4-8-17-10-11/h1-8,10,14H,9,16H2/t14-/m0/s1. The molecule has 2 heterocycles. The van der Waals surface area contributed by atoms with Gasteiger partial charge in [0.1, 0.15) is 6.04 Å². The predicted molar refractivity (Wildman–Crippen MR) is 73.8 cm³/mol. The Morgan fingerprint density at radius 2 is 1.95 bits per heavy atom. The van der Waals surface area contributed by atoms with E-state index >= 15 is 0 Å². The first kappa shape index (κ1) is 12.5. The van der Waals surface area contributed by atoms with Gasteiger partial charge in [0, 0.05) is 18.8 Å². The lowest BCUT2D eigenvalue weighted by molar-refractivity contribution is 0.363. The van der Waals surface area contributed by atoms with E-state index in [1.165, 1.54) is 0 Å². The van der Waals surface area contributed by atoms with Crippen molar-refractivity contribution in [2.45, 2.75) is 12.5 Å². The Morgan fingerprint density at radius 3 is 2.70 bits per heavy atom. The zero-order valence-electron chi connectivity index (χ0n) is 10.8. The molecule has 5 heteroatoms. The second kappa shape index (κ2) is 5.63. The first-order chi connectivity index (χ1) is 9.83. The molecule has 0 aliphatic heterocycles. The average molecular weight is 266 g/mol. The van der Waals surface area contributed by atoms with Crippen LogP contribution >= 0.6 is 0 Å². The Balaban J connectivity index is 1.77. The van der Waals surface area contributed by atoms with Crippen LogP contribution in [0.3, 0.4) is 0 Å². The van der Waals surface area contributed by atoms with E-state index in [0.717, 1.165) is 11.1 Å². The highest BCUT2D eigenvalue weighted by Gasteiger charge is 2.16. The molecule has 0 amide bonds. The molecular formula is C15H14N4O. The first-order valence-electron chi connectivity index (χ1n) is 6.35. The summed E-state index contributed by atoms with van der Waals surface area (Å²) >= 11 is 0. The minimum atomic E-state index is -0.397. The number of nitrogens with two attached hydrogens (primary N) is 1. The molecule has 0 saturated heterocycles. The largest absolute Gasteiger partial charge is 0.337 e. The number of hydrogen-bond donors (Lipinski definition) is 1. The topological polar surface area (TPSA) is 77.8 Å². The first-order valence-corrected chi connectivity index (χ1v) is 6.35. The summed E-state index contributed by atoms with van der Waals surface area (Å²) in [5.41, 5.74) is 8.10. The molecule has 20 heavy (non-hydrogen) atoms. The van der Waals surface area contributed by atoms with Crippen LogP contribution in [0.25, 0.3) is 0 Å². The molecule has 2 N–H and O–H groups in total. The molecule has 100 valence electrons. The lowest BCUT2D eigenvalue weighted by Gasteiger charge is -2.05. The number of pyridine rings is 1. The SMILES string of the molecule is N[C@@H](c1ccccc1)c1nc(Cc2cccnc2)no1. The van der Waals surface area contributed by atoms with Crippen LogP contribution in [-0.2, 0) is 6.42 Å². The van der Waals surface area contributed by atoms with Crippen molar-refractivity contribution in [2.24, 2.45) is 5.73 Å². The van der Waals surface area contributed by atoms with Gasteiger partial charge in [0.25, 0.3) is 0 Å². The zero-order valence-corrected chi connectivity index (χ0v) is 10.8. The highest BCUT2D eigenvalue weighted by atomic mass is 16.5. The third-order valence-electron chi connectivity index (χ3n) is 2.99. The van der Waals surface area contributed by atoms with Gasteiger partial charge >= 0.3 is 0 Å². The molecule has 0 fully saturated rings. The van der Waals surface area contributed by atoms with Gasteiger partial charge in [0.15, 0.2) is 5.82 Å². The van der Waals surface area contributed by atoms with Crippen molar-refractivity contribution in [3.8, 4) is 0 Å². The molecule has 0 unspecified atom stereocenters. The third kappa shape index (κ3) is 2.73. The van der Waals surface area contributed by atoms with Gasteiger partial charge in [-0.25, -0.2) is 0 Å². The van der Waals surface area contributed by atoms with E-state index in [0.29, 0.717) is 18.1 Å². The number of nitrogens with zero attached hydrogens (tertiary/aromatic N) is 3. The van der Waals surface area contributed by atoms with Crippen molar-refractivity contribution in [1.29, 1.82) is 0 Å². The molecule has 0 aliphatic rings. The maximum absolute atomic E-state index is 6.11. The van der Waals surface area contributed by atoms with Gasteiger partial charge < -0.3 is 10.3 Å². The van der Waals surface area contributed by atoms with Crippen LogP contribution < -0.4 is 5.73 Å². The zero-order chi connectivity index (χ0) is 13.8. The summed E-state index contributed by atoms with van der Waals surface area (Å²) in [7, 11) is 0. The van der Waals surface area contributed by atoms with Gasteiger partial charge in [-0.05, 0) is 17.2 Å². The van der Waals surface area contributed by atoms with Crippen molar-refractivity contribution in [1.82, 2.24) is 15.1 Å². The van der Waals surface area contributed by atoms with E-state index in [2.05, 4.69) is 15.1 Å². The molecule has 1 atom stereocenters. The van der Waals surface area contributed by atoms with Crippen LogP contribution in [0.5, 0.6) is 0 Å². The molecule has 1 aromatic carbocycles. The van der Waals surface area contributed by atoms with E-state index in [4.69, 9.17) is 10.3 Å². The summed E-state index contributed by atoms with van der Waals surface area (Å²) in [5.74, 6) is 1.04. The highest BCUT2D eigenvalue weighted by Crippen LogP contribution is 2.18. The van der Waals surface area contributed by atoms with Crippen LogP contribution in [0, 0.1) is 0 Å². The quantitative estimate of drug-likeness (QED) is 0.782. The summed E-state index contributed by atoms with van der Waals surface area (Å²) in [4.78, 5) is 8.41. The number of benzene rings is 1. The van der Waals surface area contributed by atoms with Crippen LogP contribution in [0.4, 0.5) is 0 Å². The average Bonchev–Trinajstić information content (AvgIpc) is 2.97. The van der Waals surface area contributed by atoms with Gasteiger partial charge in [-0.2, -0.15) is 4.98 Å². The second-order valence-corrected chi connectivity index (χ2v) is 4.48. The minimum Gasteiger partial charge on any atom is -0.337 e. The van der Waals surface area contributed by atoms with Crippen molar-refractivity contribution in [2.75, 3.05) is 0 Å². The molecule has 0 bridgehead atoms. The van der Waals surface area contributed by atoms with Crippen molar-refractivity contribution in [3.63, 3.8) is 0 Å². The van der Waals surface area contributed by atoms with Gasteiger partial charge in [0.05, 0.1) is 0 Å².